The number of aromatic nitrogens is 2. The normalized spacial score (nSPS) is 20.5. The number of β-lactam (4-membered cyclic amide) rings is 1. The van der Waals surface area contributed by atoms with E-state index in [1.807, 2.05) is 17.5 Å². The van der Waals surface area contributed by atoms with E-state index in [2.05, 4.69) is 15.3 Å². The molecule has 2 unspecified atom stereocenters. The fraction of sp³-hybridized carbons (Fsp3) is 0.278. The van der Waals surface area contributed by atoms with Crippen molar-refractivity contribution < 1.29 is 19.5 Å². The fourth-order valence-electron chi connectivity index (χ4n) is 3.07. The number of fused-ring (bicyclic) bond motifs is 1. The zero-order chi connectivity index (χ0) is 20.4. The first-order chi connectivity index (χ1) is 14.0. The number of anilines is 1. The molecule has 8 nitrogen and oxygen atoms in total. The van der Waals surface area contributed by atoms with Gasteiger partial charge in [0.1, 0.15) is 10.7 Å². The third-order valence-corrected chi connectivity index (χ3v) is 7.63. The van der Waals surface area contributed by atoms with Crippen molar-refractivity contribution in [2.45, 2.75) is 16.8 Å². The van der Waals surface area contributed by atoms with Gasteiger partial charge in [-0.05, 0) is 17.5 Å². The van der Waals surface area contributed by atoms with Crippen LogP contribution >= 0.6 is 34.9 Å². The minimum absolute atomic E-state index is 0.0565. The molecule has 2 aromatic heterocycles. The maximum atomic E-state index is 12.5. The summed E-state index contributed by atoms with van der Waals surface area (Å²) in [7, 11) is 0. The van der Waals surface area contributed by atoms with E-state index >= 15 is 0 Å². The van der Waals surface area contributed by atoms with Crippen molar-refractivity contribution in [2.24, 2.45) is 5.92 Å². The maximum Gasteiger partial charge on any atom is 0.352 e. The van der Waals surface area contributed by atoms with Crippen molar-refractivity contribution in [3.05, 3.63) is 46.6 Å². The Balaban J connectivity index is 1.38. The first kappa shape index (κ1) is 19.9. The summed E-state index contributed by atoms with van der Waals surface area (Å²) >= 11 is 4.39. The van der Waals surface area contributed by atoms with E-state index in [-0.39, 0.29) is 35.2 Å². The van der Waals surface area contributed by atoms with Gasteiger partial charge < -0.3 is 10.4 Å². The van der Waals surface area contributed by atoms with Gasteiger partial charge >= 0.3 is 5.97 Å². The molecule has 2 aromatic rings. The standard InChI is InChI=1S/C18H16N4O4S3/c23-13(8-10-2-1-6-27-10)21-14-15(20-5-4-19-14)29-9-11-16(24)22-12(18(25)26)3-7-28-17(11)22/h1-6,11,17H,7-9H2,(H,25,26)(H,19,21,23). The molecule has 0 spiro atoms. The summed E-state index contributed by atoms with van der Waals surface area (Å²) in [6.45, 7) is 0. The minimum atomic E-state index is -1.08. The summed E-state index contributed by atoms with van der Waals surface area (Å²) in [5, 5.41) is 14.3. The van der Waals surface area contributed by atoms with Gasteiger partial charge in [-0.1, -0.05) is 6.07 Å². The number of thioether (sulfide) groups is 2. The monoisotopic (exact) mass is 448 g/mol. The van der Waals surface area contributed by atoms with Crippen molar-refractivity contribution in [2.75, 3.05) is 16.8 Å². The smallest absolute Gasteiger partial charge is 0.352 e. The fourth-order valence-corrected chi connectivity index (χ4v) is 6.20. The molecule has 11 heteroatoms. The zero-order valence-corrected chi connectivity index (χ0v) is 17.4. The number of nitrogens with zero attached hydrogens (tertiary/aromatic N) is 3. The number of hydrogen-bond donors (Lipinski definition) is 2. The molecule has 0 bridgehead atoms. The highest BCUT2D eigenvalue weighted by molar-refractivity contribution is 8.00. The van der Waals surface area contributed by atoms with Gasteiger partial charge in [-0.2, -0.15) is 0 Å². The Kier molecular flexibility index (Phi) is 5.88. The molecule has 2 atom stereocenters. The van der Waals surface area contributed by atoms with Crippen LogP contribution in [0.15, 0.2) is 46.7 Å². The molecule has 2 N–H and O–H groups in total. The number of carbonyl (C=O) groups excluding carboxylic acids is 2. The second kappa shape index (κ2) is 8.56. The van der Waals surface area contributed by atoms with Gasteiger partial charge in [0.2, 0.25) is 11.8 Å². The first-order valence-corrected chi connectivity index (χ1v) is 11.6. The van der Waals surface area contributed by atoms with Crippen molar-refractivity contribution in [1.29, 1.82) is 0 Å². The topological polar surface area (TPSA) is 112 Å². The molecule has 0 aromatic carbocycles. The SMILES string of the molecule is O=C(Cc1cccs1)Nc1nccnc1SCC1C(=O)N2C(C(=O)O)=CCSC12. The van der Waals surface area contributed by atoms with E-state index in [1.54, 1.807) is 17.8 Å². The molecule has 4 rings (SSSR count). The molecule has 0 aliphatic carbocycles. The van der Waals surface area contributed by atoms with E-state index in [1.165, 1.54) is 40.4 Å². The molecule has 29 heavy (non-hydrogen) atoms. The predicted molar refractivity (Wildman–Crippen MR) is 112 cm³/mol. The average Bonchev–Trinajstić information content (AvgIpc) is 3.21. The second-order valence-electron chi connectivity index (χ2n) is 6.26. The van der Waals surface area contributed by atoms with Gasteiger partial charge in [-0.3, -0.25) is 14.5 Å². The number of thiophene rings is 1. The Morgan fingerprint density at radius 1 is 1.34 bits per heavy atom. The van der Waals surface area contributed by atoms with Crippen molar-refractivity contribution in [1.82, 2.24) is 14.9 Å². The average molecular weight is 449 g/mol. The molecule has 2 aliphatic rings. The lowest BCUT2D eigenvalue weighted by atomic mass is 9.99. The predicted octanol–water partition coefficient (Wildman–Crippen LogP) is 2.31. The third-order valence-electron chi connectivity index (χ3n) is 4.41. The van der Waals surface area contributed by atoms with Gasteiger partial charge in [0, 0.05) is 28.8 Å². The molecule has 1 fully saturated rings. The van der Waals surface area contributed by atoms with E-state index in [9.17, 15) is 19.5 Å². The van der Waals surface area contributed by atoms with Crippen LogP contribution in [0.2, 0.25) is 0 Å². The number of nitrogens with one attached hydrogen (secondary N) is 1. The Labute approximate surface area is 178 Å². The quantitative estimate of drug-likeness (QED) is 0.490. The van der Waals surface area contributed by atoms with Crippen LogP contribution in [0.5, 0.6) is 0 Å². The maximum absolute atomic E-state index is 12.5. The molecular weight excluding hydrogens is 432 g/mol. The highest BCUT2D eigenvalue weighted by Gasteiger charge is 2.51. The molecule has 0 radical (unpaired) electrons. The minimum Gasteiger partial charge on any atom is -0.477 e. The summed E-state index contributed by atoms with van der Waals surface area (Å²) in [5.74, 6) is -0.400. The lowest BCUT2D eigenvalue weighted by Gasteiger charge is -2.48. The van der Waals surface area contributed by atoms with Crippen LogP contribution < -0.4 is 5.32 Å². The number of amides is 2. The molecule has 150 valence electrons. The van der Waals surface area contributed by atoms with Crippen LogP contribution in [-0.2, 0) is 20.8 Å². The van der Waals surface area contributed by atoms with E-state index in [4.69, 9.17) is 0 Å². The molecule has 2 amide bonds. The number of rotatable bonds is 7. The van der Waals surface area contributed by atoms with Gasteiger partial charge in [0.05, 0.1) is 17.7 Å². The van der Waals surface area contributed by atoms with E-state index in [0.717, 1.165) is 4.88 Å². The molecular formula is C18H16N4O4S3. The van der Waals surface area contributed by atoms with Crippen LogP contribution in [0.3, 0.4) is 0 Å². The lowest BCUT2D eigenvalue weighted by molar-refractivity contribution is -0.151. The van der Waals surface area contributed by atoms with Crippen LogP contribution in [-0.4, -0.2) is 54.6 Å². The molecule has 0 saturated carbocycles. The van der Waals surface area contributed by atoms with E-state index < -0.39 is 5.97 Å². The molecule has 2 aliphatic heterocycles. The number of carbonyl (C=O) groups is 3. The Morgan fingerprint density at radius 2 is 2.17 bits per heavy atom. The van der Waals surface area contributed by atoms with Crippen LogP contribution in [0, 0.1) is 5.92 Å². The summed E-state index contributed by atoms with van der Waals surface area (Å²) in [6, 6.07) is 3.79. The van der Waals surface area contributed by atoms with Gasteiger partial charge in [0.15, 0.2) is 5.82 Å². The van der Waals surface area contributed by atoms with Crippen LogP contribution in [0.1, 0.15) is 4.88 Å². The molecule has 4 heterocycles. The lowest BCUT2D eigenvalue weighted by Crippen LogP contribution is -2.61. The summed E-state index contributed by atoms with van der Waals surface area (Å²) < 4.78 is 0. The summed E-state index contributed by atoms with van der Waals surface area (Å²) in [5.41, 5.74) is 0.0565. The Hall–Kier alpha value is -2.37. The van der Waals surface area contributed by atoms with Gasteiger partial charge in [0.25, 0.3) is 0 Å². The summed E-state index contributed by atoms with van der Waals surface area (Å²) in [4.78, 5) is 46.8. The highest BCUT2D eigenvalue weighted by Crippen LogP contribution is 2.43. The highest BCUT2D eigenvalue weighted by atomic mass is 32.2. The van der Waals surface area contributed by atoms with Crippen LogP contribution in [0.4, 0.5) is 5.82 Å². The van der Waals surface area contributed by atoms with E-state index in [0.29, 0.717) is 22.3 Å². The summed E-state index contributed by atoms with van der Waals surface area (Å²) in [6.07, 6.45) is 4.86. The van der Waals surface area contributed by atoms with Gasteiger partial charge in [-0.15, -0.1) is 34.9 Å². The Morgan fingerprint density at radius 3 is 2.93 bits per heavy atom. The first-order valence-electron chi connectivity index (χ1n) is 8.68. The number of aliphatic carboxylic acids is 1. The van der Waals surface area contributed by atoms with Crippen molar-refractivity contribution in [3.63, 3.8) is 0 Å². The number of hydrogen-bond acceptors (Lipinski definition) is 8. The molecule has 1 saturated heterocycles. The second-order valence-corrected chi connectivity index (χ2v) is 9.45. The largest absolute Gasteiger partial charge is 0.477 e. The van der Waals surface area contributed by atoms with Crippen molar-refractivity contribution in [3.8, 4) is 0 Å². The van der Waals surface area contributed by atoms with Crippen molar-refractivity contribution >= 4 is 58.5 Å². The number of carboxylic acid groups (broad SMARTS) is 1. The Bertz CT molecular complexity index is 979. The third kappa shape index (κ3) is 4.16. The zero-order valence-electron chi connectivity index (χ0n) is 15.0. The van der Waals surface area contributed by atoms with Crippen LogP contribution in [0.25, 0.3) is 0 Å². The number of carboxylic acids is 1. The van der Waals surface area contributed by atoms with Gasteiger partial charge in [-0.25, -0.2) is 14.8 Å².